The van der Waals surface area contributed by atoms with Crippen LogP contribution in [0.4, 0.5) is 5.95 Å². The van der Waals surface area contributed by atoms with Gasteiger partial charge in [0.2, 0.25) is 23.2 Å². The molecule has 0 radical (unpaired) electrons. The topological polar surface area (TPSA) is 477 Å². The molecule has 14 N–H and O–H groups in total. The van der Waals surface area contributed by atoms with Crippen LogP contribution in [0.25, 0.3) is 10.9 Å². The highest BCUT2D eigenvalue weighted by Crippen LogP contribution is 2.36. The first-order chi connectivity index (χ1) is 48.2. The van der Waals surface area contributed by atoms with Gasteiger partial charge in [-0.25, -0.2) is 4.98 Å². The predicted molar refractivity (Wildman–Crippen MR) is 373 cm³/mol. The van der Waals surface area contributed by atoms with Gasteiger partial charge < -0.3 is 89.8 Å². The lowest BCUT2D eigenvalue weighted by molar-refractivity contribution is -0.140. The summed E-state index contributed by atoms with van der Waals surface area (Å²) in [5, 5.41) is 42.2. The van der Waals surface area contributed by atoms with Gasteiger partial charge in [-0.1, -0.05) is 25.1 Å². The zero-order chi connectivity index (χ0) is 73.9. The number of carbonyl (C=O) groups is 7. The highest BCUT2D eigenvalue weighted by Gasteiger charge is 2.26. The smallest absolute Gasteiger partial charge is 0.322 e. The number of nitrogens with one attached hydrogen (secondary N) is 6. The monoisotopic (exact) mass is 1460 g/mol. The second-order valence-corrected chi connectivity index (χ2v) is 25.6. The third kappa shape index (κ3) is 32.1. The molecule has 6 rings (SSSR count). The van der Waals surface area contributed by atoms with E-state index >= 15 is 0 Å². The lowest BCUT2D eigenvalue weighted by Gasteiger charge is -2.33. The van der Waals surface area contributed by atoms with Crippen LogP contribution in [-0.2, 0) is 74.1 Å². The standard InChI is InChI=1S/C47H77N7O17S2.C18H20N6O4/c1-4-51-15-17-52(19-20-54(35-45(59)60)22-21-53(18-16-51)34-44(57)58)33-43(56)50-41(32-38-9-11-39(12-10-38)71-73(64,65)66)47(61)49-14-7-24-68-27-29-69-28-26-67-23-6-13-48-42(55)8-5-25-70-40-30-36(2)46(72(62)63)37(3)31-40;1-24-9-12(16(26)22-8-13(19)17(27)28)15(25)11-3-2-10(6-14(11)24)7-23-18-20-4-5-21-18/h9-12,30-31,41,64-66H,4-8,13-29,32-35H2,1-3H3,(H,48,55)(H,49,61)(H,50,56)(H,57,58)(H,59,60)(H,62,63);2-6,9,13H,7-8,19H2,1H3,(H,22,26)(H,27,28)(H2,20,21,23)/p-1/t41-;13-/m10/s1. The Kier molecular flexibility index (Phi) is 36.5. The number of rotatable bonds is 40. The van der Waals surface area contributed by atoms with Crippen LogP contribution in [0.1, 0.15) is 65.2 Å². The Morgan fingerprint density at radius 1 is 0.703 bits per heavy atom. The molecule has 2 aromatic heterocycles. The fraction of sp³-hybridized carbons (Fsp3) is 0.523. The van der Waals surface area contributed by atoms with Crippen LogP contribution in [-0.4, -0.2) is 270 Å². The van der Waals surface area contributed by atoms with Crippen LogP contribution in [0.15, 0.2) is 82.9 Å². The van der Waals surface area contributed by atoms with Crippen molar-refractivity contribution in [2.45, 2.75) is 76.4 Å². The highest BCUT2D eigenvalue weighted by molar-refractivity contribution is 8.15. The molecule has 101 heavy (non-hydrogen) atoms. The van der Waals surface area contributed by atoms with Gasteiger partial charge in [-0.2, -0.15) is 0 Å². The summed E-state index contributed by atoms with van der Waals surface area (Å²) in [6, 6.07) is 12.3. The summed E-state index contributed by atoms with van der Waals surface area (Å²) in [7, 11) is 1.73. The largest absolute Gasteiger partial charge is 0.768 e. The lowest BCUT2D eigenvalue weighted by Crippen LogP contribution is -2.52. The zero-order valence-corrected chi connectivity index (χ0v) is 58.9. The van der Waals surface area contributed by atoms with Crippen molar-refractivity contribution in [3.05, 3.63) is 111 Å². The SMILES string of the molecule is CCN1CCN(CC(=O)O)CCN(CC(=O)O)CCN(CC(=O)N[C@H](Cc2ccc(OS(O)(O)O)cc2)C(=O)NCCCOCCOCCOCCCNC(=O)CCCOc2cc(C)c(S(=O)[O-])c(C)c2)CC1.Cn1cc(C(=O)NC[C@H](N)C(=O)O)c(=O)c2ccc(CNc3ncc[nH]3)cc21. The van der Waals surface area contributed by atoms with Gasteiger partial charge in [-0.15, -0.1) is 0 Å². The number of hydrogen-bond donors (Lipinski definition) is 13. The third-order valence-electron chi connectivity index (χ3n) is 15.7. The Labute approximate surface area is 589 Å². The molecule has 560 valence electrons. The Bertz CT molecular complexity index is 3510. The number of likely N-dealkylation sites (N-methyl/N-ethyl adjacent to an activating group) is 1. The van der Waals surface area contributed by atoms with Crippen molar-refractivity contribution in [3.63, 3.8) is 0 Å². The minimum absolute atomic E-state index is 0.0275. The molecule has 0 saturated carbocycles. The van der Waals surface area contributed by atoms with Gasteiger partial charge in [-0.3, -0.25) is 70.9 Å². The Hall–Kier alpha value is -8.21. The minimum atomic E-state index is -4.26. The summed E-state index contributed by atoms with van der Waals surface area (Å²) >= 11 is -6.58. The summed E-state index contributed by atoms with van der Waals surface area (Å²) < 4.78 is 79.5. The Morgan fingerprint density at radius 3 is 1.79 bits per heavy atom. The molecule has 36 heteroatoms. The number of nitrogens with two attached hydrogens (primary N) is 1. The maximum absolute atomic E-state index is 13.7. The maximum Gasteiger partial charge on any atom is 0.322 e. The van der Waals surface area contributed by atoms with Crippen molar-refractivity contribution in [3.8, 4) is 11.5 Å². The predicted octanol–water partition coefficient (Wildman–Crippen LogP) is 1.43. The molecule has 3 aromatic carbocycles. The number of fused-ring (bicyclic) bond motifs is 1. The first-order valence-electron chi connectivity index (χ1n) is 32.8. The second-order valence-electron chi connectivity index (χ2n) is 23.6. The summed E-state index contributed by atoms with van der Waals surface area (Å²) in [5.41, 5.74) is 8.27. The molecule has 1 fully saturated rings. The average molecular weight is 1460 g/mol. The number of aliphatic carboxylic acids is 3. The molecule has 1 aliphatic heterocycles. The van der Waals surface area contributed by atoms with E-state index in [4.69, 9.17) is 34.0 Å². The number of hydrogen-bond acceptors (Lipinski definition) is 25. The number of benzene rings is 3. The molecule has 34 nitrogen and oxygen atoms in total. The second kappa shape index (κ2) is 44.2. The summed E-state index contributed by atoms with van der Waals surface area (Å²) in [6.07, 6.45) is 6.71. The number of imidazole rings is 1. The van der Waals surface area contributed by atoms with E-state index in [9.17, 15) is 71.0 Å². The number of anilines is 1. The number of pyridine rings is 1. The summed E-state index contributed by atoms with van der Waals surface area (Å²) in [4.78, 5) is 113. The van der Waals surface area contributed by atoms with E-state index in [0.717, 1.165) is 5.56 Å². The molecule has 3 heterocycles. The Morgan fingerprint density at radius 2 is 1.26 bits per heavy atom. The van der Waals surface area contributed by atoms with Crippen molar-refractivity contribution in [2.24, 2.45) is 12.8 Å². The van der Waals surface area contributed by atoms with Crippen LogP contribution in [0.3, 0.4) is 0 Å². The van der Waals surface area contributed by atoms with Crippen molar-refractivity contribution in [2.75, 3.05) is 150 Å². The quantitative estimate of drug-likeness (QED) is 0.0195. The van der Waals surface area contributed by atoms with Crippen LogP contribution in [0.5, 0.6) is 11.5 Å². The first kappa shape index (κ1) is 83.5. The van der Waals surface area contributed by atoms with Crippen LogP contribution < -0.4 is 46.7 Å². The molecule has 0 aliphatic carbocycles. The number of nitrogens with zero attached hydrogens (tertiary/aromatic N) is 6. The number of amides is 4. The van der Waals surface area contributed by atoms with E-state index in [1.54, 1.807) is 84.1 Å². The lowest BCUT2D eigenvalue weighted by atomic mass is 10.0. The van der Waals surface area contributed by atoms with Gasteiger partial charge >= 0.3 is 17.9 Å². The van der Waals surface area contributed by atoms with E-state index in [1.807, 2.05) is 17.9 Å². The highest BCUT2D eigenvalue weighted by atomic mass is 32.3. The van der Waals surface area contributed by atoms with E-state index in [-0.39, 0.29) is 67.7 Å². The molecule has 1 saturated heterocycles. The number of carboxylic acids is 3. The van der Waals surface area contributed by atoms with Crippen molar-refractivity contribution in [1.29, 1.82) is 0 Å². The van der Waals surface area contributed by atoms with Gasteiger partial charge in [-0.05, 0) is 109 Å². The maximum atomic E-state index is 13.7. The molecule has 3 atom stereocenters. The fourth-order valence-corrected chi connectivity index (χ4v) is 11.4. The Balaban J connectivity index is 0.000000541. The molecule has 1 aliphatic rings. The number of aromatic nitrogens is 3. The molecule has 0 bridgehead atoms. The number of ether oxygens (including phenoxy) is 4. The molecule has 5 aromatic rings. The van der Waals surface area contributed by atoms with Gasteiger partial charge in [0.1, 0.15) is 29.1 Å². The minimum Gasteiger partial charge on any atom is -0.768 e. The van der Waals surface area contributed by atoms with Gasteiger partial charge in [0, 0.05) is 141 Å². The van der Waals surface area contributed by atoms with E-state index < -0.39 is 75.4 Å². The number of aryl methyl sites for hydroxylation is 3. The number of aromatic amines is 1. The molecular formula is C65H96N13O21S2-. The average Bonchev–Trinajstić information content (AvgIpc) is 1.01. The molecular weight excluding hydrogens is 1360 g/mol. The van der Waals surface area contributed by atoms with Gasteiger partial charge in [0.05, 0.1) is 58.2 Å². The number of H-pyrrole nitrogens is 1. The number of carbonyl (C=O) groups excluding carboxylic acids is 4. The summed E-state index contributed by atoms with van der Waals surface area (Å²) in [5.74, 6) is -3.72. The third-order valence-corrected chi connectivity index (χ3v) is 17.0. The molecule has 4 amide bonds. The normalized spacial score (nSPS) is 14.7. The van der Waals surface area contributed by atoms with Crippen molar-refractivity contribution < 1.29 is 94.4 Å². The molecule has 0 spiro atoms. The van der Waals surface area contributed by atoms with Crippen molar-refractivity contribution in [1.82, 2.24) is 55.4 Å². The fourth-order valence-electron chi connectivity index (χ4n) is 10.4. The number of carboxylic acid groups (broad SMARTS) is 3. The van der Waals surface area contributed by atoms with Crippen LogP contribution >= 0.6 is 11.2 Å². The molecule has 1 unspecified atom stereocenters. The van der Waals surface area contributed by atoms with E-state index in [0.29, 0.717) is 177 Å². The van der Waals surface area contributed by atoms with Gasteiger partial charge in [0.25, 0.3) is 17.1 Å². The van der Waals surface area contributed by atoms with E-state index in [2.05, 4.69) is 41.5 Å². The van der Waals surface area contributed by atoms with Crippen LogP contribution in [0, 0.1) is 13.8 Å². The van der Waals surface area contributed by atoms with Gasteiger partial charge in [0.15, 0.2) is 5.95 Å². The van der Waals surface area contributed by atoms with E-state index in [1.165, 1.54) is 18.3 Å². The zero-order valence-electron chi connectivity index (χ0n) is 57.3. The van der Waals surface area contributed by atoms with Crippen LogP contribution in [0.2, 0.25) is 0 Å². The first-order valence-corrected chi connectivity index (χ1v) is 35.3. The van der Waals surface area contributed by atoms with Crippen molar-refractivity contribution >= 4 is 80.6 Å². The summed E-state index contributed by atoms with van der Waals surface area (Å²) in [6.45, 7) is 12.3.